The molecule has 0 aliphatic heterocycles. The van der Waals surface area contributed by atoms with Crippen LogP contribution in [0.25, 0.3) is 16.8 Å². The van der Waals surface area contributed by atoms with Crippen molar-refractivity contribution < 1.29 is 4.79 Å². The number of benzene rings is 2. The van der Waals surface area contributed by atoms with E-state index in [0.717, 1.165) is 22.6 Å². The lowest BCUT2D eigenvalue weighted by Gasteiger charge is -2.10. The molecule has 2 aromatic heterocycles. The molecule has 0 atom stereocenters. The fourth-order valence-electron chi connectivity index (χ4n) is 3.28. The van der Waals surface area contributed by atoms with Gasteiger partial charge in [-0.15, -0.1) is 0 Å². The summed E-state index contributed by atoms with van der Waals surface area (Å²) in [5, 5.41) is 6.33. The number of aromatic nitrogens is 3. The number of rotatable bonds is 4. The molecule has 31 heavy (non-hydrogen) atoms. The molecule has 2 heterocycles. The number of urea groups is 1. The van der Waals surface area contributed by atoms with Crippen LogP contribution in [0.3, 0.4) is 0 Å². The number of fused-ring (bicyclic) bond motifs is 1. The minimum Gasteiger partial charge on any atom is -0.382 e. The third kappa shape index (κ3) is 4.28. The molecule has 0 saturated carbocycles. The van der Waals surface area contributed by atoms with Crippen LogP contribution >= 0.6 is 23.2 Å². The predicted molar refractivity (Wildman–Crippen MR) is 126 cm³/mol. The largest absolute Gasteiger partial charge is 0.382 e. The molecule has 7 nitrogen and oxygen atoms in total. The predicted octanol–water partition coefficient (Wildman–Crippen LogP) is 6.05. The summed E-state index contributed by atoms with van der Waals surface area (Å²) in [6, 6.07) is 11.8. The minimum absolute atomic E-state index is 0.214. The van der Waals surface area contributed by atoms with E-state index < -0.39 is 6.03 Å². The van der Waals surface area contributed by atoms with E-state index in [4.69, 9.17) is 33.9 Å². The second-order valence-corrected chi connectivity index (χ2v) is 8.13. The Morgan fingerprint density at radius 2 is 1.84 bits per heavy atom. The maximum Gasteiger partial charge on any atom is 0.323 e. The quantitative estimate of drug-likeness (QED) is 0.349. The highest BCUT2D eigenvalue weighted by molar-refractivity contribution is 6.35. The third-order valence-corrected chi connectivity index (χ3v) is 5.28. The molecular weight excluding hydrogens is 435 g/mol. The van der Waals surface area contributed by atoms with Crippen molar-refractivity contribution in [2.24, 2.45) is 0 Å². The number of carbonyl (C=O) groups is 1. The number of halogens is 2. The highest BCUT2D eigenvalue weighted by atomic mass is 35.5. The van der Waals surface area contributed by atoms with Gasteiger partial charge in [-0.2, -0.15) is 0 Å². The Morgan fingerprint density at radius 1 is 1.10 bits per heavy atom. The summed E-state index contributed by atoms with van der Waals surface area (Å²) in [5.74, 6) is 1.53. The van der Waals surface area contributed by atoms with E-state index in [9.17, 15) is 4.79 Å². The number of imidazole rings is 1. The molecule has 0 spiro atoms. The zero-order valence-corrected chi connectivity index (χ0v) is 18.4. The summed E-state index contributed by atoms with van der Waals surface area (Å²) < 4.78 is 1.97. The number of carbonyl (C=O) groups excluding carboxylic acids is 1. The lowest BCUT2D eigenvalue weighted by Crippen LogP contribution is -2.19. The van der Waals surface area contributed by atoms with E-state index in [1.165, 1.54) is 0 Å². The molecule has 2 aromatic carbocycles. The van der Waals surface area contributed by atoms with E-state index in [-0.39, 0.29) is 5.92 Å². The van der Waals surface area contributed by atoms with Gasteiger partial charge in [0.15, 0.2) is 0 Å². The number of amides is 2. The maximum atomic E-state index is 12.3. The topological polar surface area (TPSA) is 97.3 Å². The van der Waals surface area contributed by atoms with E-state index in [1.54, 1.807) is 36.5 Å². The Labute approximate surface area is 189 Å². The van der Waals surface area contributed by atoms with Gasteiger partial charge in [0.1, 0.15) is 22.9 Å². The van der Waals surface area contributed by atoms with Crippen molar-refractivity contribution in [2.75, 3.05) is 16.4 Å². The lowest BCUT2D eigenvalue weighted by molar-refractivity contribution is 0.262. The average Bonchev–Trinajstić information content (AvgIpc) is 3.13. The van der Waals surface area contributed by atoms with E-state index in [2.05, 4.69) is 29.5 Å². The lowest BCUT2D eigenvalue weighted by atomic mass is 10.1. The standard InChI is InChI=1S/C22H20Cl2N6O/c1-12(2)21-29-18(19-20(25)26-9-10-30(19)21)13-3-6-15(7-4-13)27-22(31)28-17-11-14(23)5-8-16(17)24/h3-12H,1-2H3,(H2,25,26)(H2,27,28,31). The van der Waals surface area contributed by atoms with Crippen LogP contribution in [0.15, 0.2) is 54.9 Å². The fraction of sp³-hybridized carbons (Fsp3) is 0.136. The van der Waals surface area contributed by atoms with Crippen molar-refractivity contribution in [3.8, 4) is 11.3 Å². The van der Waals surface area contributed by atoms with E-state index in [0.29, 0.717) is 27.2 Å². The molecule has 158 valence electrons. The molecule has 0 bridgehead atoms. The summed E-state index contributed by atoms with van der Waals surface area (Å²) >= 11 is 12.0. The molecule has 0 fully saturated rings. The highest BCUT2D eigenvalue weighted by Gasteiger charge is 2.17. The van der Waals surface area contributed by atoms with Crippen molar-refractivity contribution in [3.63, 3.8) is 0 Å². The summed E-state index contributed by atoms with van der Waals surface area (Å²) in [6.45, 7) is 4.15. The first-order chi connectivity index (χ1) is 14.8. The van der Waals surface area contributed by atoms with E-state index in [1.807, 2.05) is 22.7 Å². The zero-order valence-electron chi connectivity index (χ0n) is 16.9. The van der Waals surface area contributed by atoms with Crippen LogP contribution < -0.4 is 16.4 Å². The Kier molecular flexibility index (Phi) is 5.71. The zero-order chi connectivity index (χ0) is 22.1. The smallest absolute Gasteiger partial charge is 0.323 e. The first-order valence-corrected chi connectivity index (χ1v) is 10.3. The fourth-order valence-corrected chi connectivity index (χ4v) is 3.62. The molecule has 0 saturated heterocycles. The van der Waals surface area contributed by atoms with Crippen molar-refractivity contribution >= 4 is 51.9 Å². The molecule has 0 radical (unpaired) electrons. The van der Waals surface area contributed by atoms with Crippen LogP contribution in [-0.4, -0.2) is 20.4 Å². The number of nitrogen functional groups attached to an aromatic ring is 1. The van der Waals surface area contributed by atoms with Crippen molar-refractivity contribution in [3.05, 3.63) is 70.7 Å². The summed E-state index contributed by atoms with van der Waals surface area (Å²) in [5.41, 5.74) is 9.56. The van der Waals surface area contributed by atoms with Gasteiger partial charge in [-0.05, 0) is 30.3 Å². The molecule has 4 aromatic rings. The van der Waals surface area contributed by atoms with Crippen molar-refractivity contribution in [1.82, 2.24) is 14.4 Å². The second-order valence-electron chi connectivity index (χ2n) is 7.29. The van der Waals surface area contributed by atoms with Crippen LogP contribution in [0.2, 0.25) is 10.0 Å². The number of nitrogens with two attached hydrogens (primary N) is 1. The summed E-state index contributed by atoms with van der Waals surface area (Å²) in [6.07, 6.45) is 3.52. The van der Waals surface area contributed by atoms with E-state index >= 15 is 0 Å². The molecule has 4 rings (SSSR count). The monoisotopic (exact) mass is 454 g/mol. The van der Waals surface area contributed by atoms with Crippen LogP contribution in [0.5, 0.6) is 0 Å². The van der Waals surface area contributed by atoms with Crippen LogP contribution in [0.4, 0.5) is 22.0 Å². The number of hydrogen-bond donors (Lipinski definition) is 3. The van der Waals surface area contributed by atoms with Gasteiger partial charge >= 0.3 is 6.03 Å². The van der Waals surface area contributed by atoms with Gasteiger partial charge in [0.05, 0.1) is 10.7 Å². The van der Waals surface area contributed by atoms with Gasteiger partial charge in [-0.25, -0.2) is 14.8 Å². The minimum atomic E-state index is -0.431. The maximum absolute atomic E-state index is 12.3. The van der Waals surface area contributed by atoms with Gasteiger partial charge in [0, 0.05) is 34.6 Å². The number of nitrogens with one attached hydrogen (secondary N) is 2. The first-order valence-electron chi connectivity index (χ1n) is 9.59. The summed E-state index contributed by atoms with van der Waals surface area (Å²) in [7, 11) is 0. The molecule has 9 heteroatoms. The average molecular weight is 455 g/mol. The number of anilines is 3. The first kappa shape index (κ1) is 21.0. The summed E-state index contributed by atoms with van der Waals surface area (Å²) in [4.78, 5) is 21.3. The number of hydrogen-bond acceptors (Lipinski definition) is 4. The molecule has 2 amide bonds. The van der Waals surface area contributed by atoms with Crippen LogP contribution in [0.1, 0.15) is 25.6 Å². The molecule has 0 unspecified atom stereocenters. The highest BCUT2D eigenvalue weighted by Crippen LogP contribution is 2.31. The Bertz CT molecular complexity index is 1270. The molecule has 0 aliphatic carbocycles. The Balaban J connectivity index is 1.58. The van der Waals surface area contributed by atoms with Crippen LogP contribution in [-0.2, 0) is 0 Å². The second kappa shape index (κ2) is 8.45. The normalized spacial score (nSPS) is 11.1. The molecule has 4 N–H and O–H groups in total. The Morgan fingerprint density at radius 3 is 2.55 bits per heavy atom. The molecular formula is C22H20Cl2N6O. The Hall–Kier alpha value is -3.29. The SMILES string of the molecule is CC(C)c1nc(-c2ccc(NC(=O)Nc3cc(Cl)ccc3Cl)cc2)c2c(N)nccn12. The van der Waals surface area contributed by atoms with Gasteiger partial charge < -0.3 is 16.4 Å². The van der Waals surface area contributed by atoms with Gasteiger partial charge in [0.25, 0.3) is 0 Å². The number of nitrogens with zero attached hydrogens (tertiary/aromatic N) is 3. The van der Waals surface area contributed by atoms with Crippen molar-refractivity contribution in [2.45, 2.75) is 19.8 Å². The van der Waals surface area contributed by atoms with Gasteiger partial charge in [-0.3, -0.25) is 4.40 Å². The van der Waals surface area contributed by atoms with Gasteiger partial charge in [-0.1, -0.05) is 49.2 Å². The third-order valence-electron chi connectivity index (χ3n) is 4.72. The van der Waals surface area contributed by atoms with Gasteiger partial charge in [0.2, 0.25) is 0 Å². The van der Waals surface area contributed by atoms with Crippen molar-refractivity contribution in [1.29, 1.82) is 0 Å². The molecule has 0 aliphatic rings. The van der Waals surface area contributed by atoms with Crippen LogP contribution in [0, 0.1) is 0 Å².